The van der Waals surface area contributed by atoms with E-state index in [1.54, 1.807) is 9.13 Å². The third-order valence-electron chi connectivity index (χ3n) is 6.21. The van der Waals surface area contributed by atoms with Gasteiger partial charge in [0.25, 0.3) is 0 Å². The Morgan fingerprint density at radius 1 is 0.935 bits per heavy atom. The first-order chi connectivity index (χ1) is 15.0. The number of hydrogen-bond acceptors (Lipinski definition) is 4. The summed E-state index contributed by atoms with van der Waals surface area (Å²) in [5.74, 6) is -0.200. The first-order valence-corrected chi connectivity index (χ1v) is 11.1. The fourth-order valence-electron chi connectivity index (χ4n) is 4.37. The van der Waals surface area contributed by atoms with E-state index in [9.17, 15) is 9.59 Å². The van der Waals surface area contributed by atoms with Gasteiger partial charge >= 0.3 is 5.69 Å². The van der Waals surface area contributed by atoms with Crippen LogP contribution in [0.3, 0.4) is 0 Å². The predicted octanol–water partition coefficient (Wildman–Crippen LogP) is 2.91. The molecule has 1 aliphatic rings. The number of anilines is 2. The Kier molecular flexibility index (Phi) is 6.13. The quantitative estimate of drug-likeness (QED) is 0.665. The summed E-state index contributed by atoms with van der Waals surface area (Å²) in [7, 11) is 0. The minimum absolute atomic E-state index is 0.00743. The molecule has 0 radical (unpaired) electrons. The van der Waals surface area contributed by atoms with Gasteiger partial charge in [0.15, 0.2) is 0 Å². The highest BCUT2D eigenvalue weighted by Crippen LogP contribution is 2.24. The maximum absolute atomic E-state index is 12.8. The van der Waals surface area contributed by atoms with Crippen molar-refractivity contribution in [3.05, 3.63) is 58.5 Å². The Morgan fingerprint density at radius 2 is 1.61 bits per heavy atom. The fourth-order valence-corrected chi connectivity index (χ4v) is 4.37. The van der Waals surface area contributed by atoms with Crippen LogP contribution in [0.4, 0.5) is 11.4 Å². The minimum Gasteiger partial charge on any atom is -0.369 e. The molecule has 0 atom stereocenters. The topological polar surface area (TPSA) is 62.5 Å². The number of likely N-dealkylation sites (N-methyl/N-ethyl adjacent to an activating group) is 1. The van der Waals surface area contributed by atoms with Crippen LogP contribution in [-0.4, -0.2) is 52.7 Å². The molecule has 4 rings (SSSR count). The van der Waals surface area contributed by atoms with E-state index >= 15 is 0 Å². The number of aromatic nitrogens is 2. The Balaban J connectivity index is 1.48. The lowest BCUT2D eigenvalue weighted by Crippen LogP contribution is -2.46. The minimum atomic E-state index is -0.200. The summed E-state index contributed by atoms with van der Waals surface area (Å²) in [5.41, 5.74) is 4.47. The van der Waals surface area contributed by atoms with Crippen LogP contribution in [-0.2, 0) is 17.9 Å². The van der Waals surface area contributed by atoms with Crippen molar-refractivity contribution in [3.8, 4) is 0 Å². The molecule has 2 aromatic carbocycles. The normalized spacial score (nSPS) is 14.9. The van der Waals surface area contributed by atoms with Gasteiger partial charge < -0.3 is 15.1 Å². The van der Waals surface area contributed by atoms with Gasteiger partial charge in [-0.2, -0.15) is 0 Å². The molecule has 164 valence electrons. The molecule has 1 saturated heterocycles. The zero-order chi connectivity index (χ0) is 22.0. The summed E-state index contributed by atoms with van der Waals surface area (Å²) in [6.07, 6.45) is 0. The summed E-state index contributed by atoms with van der Waals surface area (Å²) in [6.45, 7) is 12.0. The number of nitrogens with one attached hydrogen (secondary N) is 1. The van der Waals surface area contributed by atoms with Gasteiger partial charge in [0.05, 0.1) is 11.0 Å². The van der Waals surface area contributed by atoms with Crippen molar-refractivity contribution in [2.75, 3.05) is 42.9 Å². The fraction of sp³-hybridized carbons (Fsp3) is 0.417. The van der Waals surface area contributed by atoms with Gasteiger partial charge in [-0.15, -0.1) is 0 Å². The number of benzene rings is 2. The highest BCUT2D eigenvalue weighted by molar-refractivity contribution is 5.92. The van der Waals surface area contributed by atoms with E-state index in [4.69, 9.17) is 0 Å². The van der Waals surface area contributed by atoms with Crippen LogP contribution in [0.1, 0.15) is 19.4 Å². The molecule has 1 fully saturated rings. The van der Waals surface area contributed by atoms with Gasteiger partial charge in [-0.05, 0) is 56.3 Å². The molecule has 3 aromatic rings. The van der Waals surface area contributed by atoms with Crippen LogP contribution in [0.2, 0.25) is 0 Å². The summed E-state index contributed by atoms with van der Waals surface area (Å²) < 4.78 is 3.24. The molecule has 31 heavy (non-hydrogen) atoms. The molecule has 7 nitrogen and oxygen atoms in total. The molecule has 0 bridgehead atoms. The zero-order valence-corrected chi connectivity index (χ0v) is 18.6. The van der Waals surface area contributed by atoms with E-state index in [1.807, 2.05) is 44.2 Å². The predicted molar refractivity (Wildman–Crippen MR) is 126 cm³/mol. The number of para-hydroxylation sites is 2. The van der Waals surface area contributed by atoms with E-state index in [-0.39, 0.29) is 18.1 Å². The van der Waals surface area contributed by atoms with Gasteiger partial charge in [0.2, 0.25) is 5.91 Å². The van der Waals surface area contributed by atoms with E-state index in [2.05, 4.69) is 34.2 Å². The maximum Gasteiger partial charge on any atom is 0.329 e. The lowest BCUT2D eigenvalue weighted by molar-refractivity contribution is -0.116. The smallest absolute Gasteiger partial charge is 0.329 e. The van der Waals surface area contributed by atoms with Crippen molar-refractivity contribution < 1.29 is 4.79 Å². The first kappa shape index (κ1) is 21.2. The molecule has 1 N–H and O–H groups in total. The largest absolute Gasteiger partial charge is 0.369 e. The number of carbonyl (C=O) groups is 1. The van der Waals surface area contributed by atoms with Crippen molar-refractivity contribution in [2.45, 2.75) is 33.9 Å². The average molecular weight is 422 g/mol. The van der Waals surface area contributed by atoms with E-state index < -0.39 is 0 Å². The second kappa shape index (κ2) is 8.98. The molecule has 1 aliphatic heterocycles. The molecule has 0 unspecified atom stereocenters. The van der Waals surface area contributed by atoms with Crippen LogP contribution < -0.4 is 15.9 Å². The van der Waals surface area contributed by atoms with E-state index in [0.717, 1.165) is 55.0 Å². The summed E-state index contributed by atoms with van der Waals surface area (Å²) in [6, 6.07) is 13.8. The van der Waals surface area contributed by atoms with Crippen molar-refractivity contribution in [1.82, 2.24) is 14.0 Å². The second-order valence-corrected chi connectivity index (χ2v) is 8.07. The molecule has 7 heteroatoms. The summed E-state index contributed by atoms with van der Waals surface area (Å²) >= 11 is 0. The van der Waals surface area contributed by atoms with Crippen LogP contribution in [0, 0.1) is 6.92 Å². The molecule has 0 aliphatic carbocycles. The molecular weight excluding hydrogens is 390 g/mol. The van der Waals surface area contributed by atoms with Crippen LogP contribution >= 0.6 is 0 Å². The monoisotopic (exact) mass is 421 g/mol. The SMILES string of the molecule is CCN1CCN(c2ccc(NC(=O)Cn3c(=O)n(CC)c4ccccc43)c(C)c2)CC1. The van der Waals surface area contributed by atoms with E-state index in [1.165, 1.54) is 5.69 Å². The number of hydrogen-bond donors (Lipinski definition) is 1. The third kappa shape index (κ3) is 4.23. The van der Waals surface area contributed by atoms with Crippen molar-refractivity contribution in [1.29, 1.82) is 0 Å². The Labute approximate surface area is 182 Å². The summed E-state index contributed by atoms with van der Waals surface area (Å²) in [4.78, 5) is 30.4. The Hall–Kier alpha value is -3.06. The zero-order valence-electron chi connectivity index (χ0n) is 18.6. The van der Waals surface area contributed by atoms with Gasteiger partial charge in [0, 0.05) is 44.1 Å². The molecule has 1 aromatic heterocycles. The van der Waals surface area contributed by atoms with Gasteiger partial charge in [-0.1, -0.05) is 19.1 Å². The number of carbonyl (C=O) groups excluding carboxylic acids is 1. The number of fused-ring (bicyclic) bond motifs is 1. The first-order valence-electron chi connectivity index (χ1n) is 11.1. The molecule has 0 saturated carbocycles. The molecule has 2 heterocycles. The highest BCUT2D eigenvalue weighted by Gasteiger charge is 2.18. The number of aryl methyl sites for hydroxylation is 2. The number of piperazine rings is 1. The van der Waals surface area contributed by atoms with Crippen LogP contribution in [0.5, 0.6) is 0 Å². The van der Waals surface area contributed by atoms with Crippen molar-refractivity contribution in [2.24, 2.45) is 0 Å². The molecule has 0 spiro atoms. The second-order valence-electron chi connectivity index (χ2n) is 8.07. The highest BCUT2D eigenvalue weighted by atomic mass is 16.2. The Morgan fingerprint density at radius 3 is 2.23 bits per heavy atom. The molecule has 1 amide bonds. The third-order valence-corrected chi connectivity index (χ3v) is 6.21. The lowest BCUT2D eigenvalue weighted by atomic mass is 10.1. The Bertz CT molecular complexity index is 1140. The van der Waals surface area contributed by atoms with Crippen LogP contribution in [0.25, 0.3) is 11.0 Å². The van der Waals surface area contributed by atoms with Gasteiger partial charge in [-0.25, -0.2) is 4.79 Å². The average Bonchev–Trinajstić information content (AvgIpc) is 3.06. The van der Waals surface area contributed by atoms with Gasteiger partial charge in [0.1, 0.15) is 6.54 Å². The van der Waals surface area contributed by atoms with Crippen LogP contribution in [0.15, 0.2) is 47.3 Å². The van der Waals surface area contributed by atoms with Crippen molar-refractivity contribution >= 4 is 28.3 Å². The van der Waals surface area contributed by atoms with E-state index in [0.29, 0.717) is 6.54 Å². The lowest BCUT2D eigenvalue weighted by Gasteiger charge is -2.35. The molecular formula is C24H31N5O2. The number of imidazole rings is 1. The number of amides is 1. The number of nitrogens with zero attached hydrogens (tertiary/aromatic N) is 4. The standard InChI is InChI=1S/C24H31N5O2/c1-4-26-12-14-27(15-13-26)19-10-11-20(18(3)16-19)25-23(30)17-29-22-9-7-6-8-21(22)28(5-2)24(29)31/h6-11,16H,4-5,12-15,17H2,1-3H3,(H,25,30). The maximum atomic E-state index is 12.8. The van der Waals surface area contributed by atoms with Crippen molar-refractivity contribution in [3.63, 3.8) is 0 Å². The summed E-state index contributed by atoms with van der Waals surface area (Å²) in [5, 5.41) is 2.99. The van der Waals surface area contributed by atoms with Gasteiger partial charge in [-0.3, -0.25) is 13.9 Å². The number of rotatable bonds is 6.